The van der Waals surface area contributed by atoms with Gasteiger partial charge in [-0.25, -0.2) is 0 Å². The first-order chi connectivity index (χ1) is 6.29. The Kier molecular flexibility index (Phi) is 4.47. The summed E-state index contributed by atoms with van der Waals surface area (Å²) in [5, 5.41) is 0. The molecule has 2 unspecified atom stereocenters. The van der Waals surface area contributed by atoms with Crippen LogP contribution in [0.15, 0.2) is 0 Å². The third kappa shape index (κ3) is 2.82. The van der Waals surface area contributed by atoms with Crippen molar-refractivity contribution in [1.82, 2.24) is 0 Å². The Bertz CT molecular complexity index is 163. The second-order valence-corrected chi connectivity index (χ2v) is 4.28. The van der Waals surface area contributed by atoms with Crippen LogP contribution in [0.4, 0.5) is 0 Å². The largest absolute Gasteiger partial charge is 0.299 e. The second kappa shape index (κ2) is 5.41. The molecule has 0 aliphatic heterocycles. The van der Waals surface area contributed by atoms with Gasteiger partial charge in [-0.1, -0.05) is 39.5 Å². The predicted octanol–water partition coefficient (Wildman–Crippen LogP) is 3.57. The van der Waals surface area contributed by atoms with Crippen LogP contribution >= 0.6 is 0 Å². The van der Waals surface area contributed by atoms with E-state index in [4.69, 9.17) is 0 Å². The average Bonchev–Trinajstić information content (AvgIpc) is 2.48. The van der Waals surface area contributed by atoms with E-state index in [1.54, 1.807) is 0 Å². The lowest BCUT2D eigenvalue weighted by Gasteiger charge is -2.15. The summed E-state index contributed by atoms with van der Waals surface area (Å²) in [7, 11) is 0. The van der Waals surface area contributed by atoms with Crippen LogP contribution in [0.1, 0.15) is 58.8 Å². The van der Waals surface area contributed by atoms with Crippen LogP contribution < -0.4 is 0 Å². The molecule has 1 aliphatic carbocycles. The zero-order chi connectivity index (χ0) is 9.68. The van der Waals surface area contributed by atoms with Gasteiger partial charge in [-0.05, 0) is 18.8 Å². The molecular formula is C12H22O. The quantitative estimate of drug-likeness (QED) is 0.594. The van der Waals surface area contributed by atoms with Crippen molar-refractivity contribution in [2.24, 2.45) is 11.8 Å². The van der Waals surface area contributed by atoms with E-state index in [2.05, 4.69) is 13.8 Å². The first kappa shape index (κ1) is 10.7. The smallest absolute Gasteiger partial charge is 0.136 e. The fourth-order valence-corrected chi connectivity index (χ4v) is 2.48. The average molecular weight is 182 g/mol. The van der Waals surface area contributed by atoms with Crippen molar-refractivity contribution < 1.29 is 4.79 Å². The van der Waals surface area contributed by atoms with E-state index in [1.807, 2.05) is 0 Å². The number of carbonyl (C=O) groups is 1. The number of ketones is 1. The molecule has 13 heavy (non-hydrogen) atoms. The maximum atomic E-state index is 11.5. The molecule has 0 aromatic heterocycles. The summed E-state index contributed by atoms with van der Waals surface area (Å²) in [6, 6.07) is 0. The van der Waals surface area contributed by atoms with E-state index in [0.29, 0.717) is 17.6 Å². The molecule has 0 radical (unpaired) electrons. The van der Waals surface area contributed by atoms with Crippen molar-refractivity contribution in [1.29, 1.82) is 0 Å². The lowest BCUT2D eigenvalue weighted by atomic mass is 9.88. The normalized spacial score (nSPS) is 28.3. The molecule has 0 amide bonds. The maximum Gasteiger partial charge on any atom is 0.136 e. The summed E-state index contributed by atoms with van der Waals surface area (Å²) in [6.07, 6.45) is 8.18. The third-order valence-corrected chi connectivity index (χ3v) is 3.39. The highest BCUT2D eigenvalue weighted by atomic mass is 16.1. The van der Waals surface area contributed by atoms with Gasteiger partial charge in [0.05, 0.1) is 0 Å². The Hall–Kier alpha value is -0.330. The minimum atomic E-state index is 0.427. The summed E-state index contributed by atoms with van der Waals surface area (Å²) in [5.74, 6) is 1.68. The van der Waals surface area contributed by atoms with Crippen LogP contribution in [0.3, 0.4) is 0 Å². The highest BCUT2D eigenvalue weighted by molar-refractivity contribution is 5.83. The molecule has 0 bridgehead atoms. The fraction of sp³-hybridized carbons (Fsp3) is 0.917. The number of hydrogen-bond acceptors (Lipinski definition) is 1. The van der Waals surface area contributed by atoms with Gasteiger partial charge >= 0.3 is 0 Å². The third-order valence-electron chi connectivity index (χ3n) is 3.39. The van der Waals surface area contributed by atoms with Gasteiger partial charge < -0.3 is 0 Å². The summed E-state index contributed by atoms with van der Waals surface area (Å²) in [6.45, 7) is 4.43. The fourth-order valence-electron chi connectivity index (χ4n) is 2.48. The van der Waals surface area contributed by atoms with Gasteiger partial charge in [-0.3, -0.25) is 4.79 Å². The minimum absolute atomic E-state index is 0.427. The molecule has 1 nitrogen and oxygen atoms in total. The number of hydrogen-bond donors (Lipinski definition) is 0. The summed E-state index contributed by atoms with van der Waals surface area (Å²) < 4.78 is 0. The second-order valence-electron chi connectivity index (χ2n) is 4.28. The van der Waals surface area contributed by atoms with Crippen LogP contribution in [0.2, 0.25) is 0 Å². The van der Waals surface area contributed by atoms with Gasteiger partial charge in [0, 0.05) is 12.3 Å². The van der Waals surface area contributed by atoms with Crippen LogP contribution in [0.25, 0.3) is 0 Å². The van der Waals surface area contributed by atoms with Crippen molar-refractivity contribution in [3.05, 3.63) is 0 Å². The van der Waals surface area contributed by atoms with Crippen molar-refractivity contribution in [2.75, 3.05) is 0 Å². The Morgan fingerprint density at radius 1 is 1.31 bits per heavy atom. The van der Waals surface area contributed by atoms with Gasteiger partial charge in [0.1, 0.15) is 5.78 Å². The van der Waals surface area contributed by atoms with Gasteiger partial charge in [-0.2, -0.15) is 0 Å². The molecule has 76 valence electrons. The summed E-state index contributed by atoms with van der Waals surface area (Å²) in [5.41, 5.74) is 0. The van der Waals surface area contributed by atoms with Crippen LogP contribution in [0.5, 0.6) is 0 Å². The van der Waals surface area contributed by atoms with Gasteiger partial charge in [0.25, 0.3) is 0 Å². The van der Waals surface area contributed by atoms with E-state index in [0.717, 1.165) is 19.3 Å². The molecule has 0 heterocycles. The van der Waals surface area contributed by atoms with Gasteiger partial charge in [-0.15, -0.1) is 0 Å². The van der Waals surface area contributed by atoms with Crippen LogP contribution in [-0.2, 0) is 4.79 Å². The van der Waals surface area contributed by atoms with Crippen LogP contribution in [0, 0.1) is 11.8 Å². The number of Topliss-reactive ketones (excluding diaryl/α,β-unsaturated/α-hetero) is 1. The Morgan fingerprint density at radius 2 is 2.08 bits per heavy atom. The standard InChI is InChI=1S/C12H22O/c1-3-5-6-7-11-10(4-2)8-9-12(11)13/h10-11H,3-9H2,1-2H3. The Balaban J connectivity index is 2.31. The molecule has 0 spiro atoms. The predicted molar refractivity (Wildman–Crippen MR) is 55.7 cm³/mol. The summed E-state index contributed by atoms with van der Waals surface area (Å²) in [4.78, 5) is 11.5. The molecule has 2 atom stereocenters. The molecule has 1 rings (SSSR count). The van der Waals surface area contributed by atoms with Crippen molar-refractivity contribution in [2.45, 2.75) is 58.8 Å². The van der Waals surface area contributed by atoms with E-state index < -0.39 is 0 Å². The van der Waals surface area contributed by atoms with Crippen LogP contribution in [-0.4, -0.2) is 5.78 Å². The summed E-state index contributed by atoms with van der Waals surface area (Å²) >= 11 is 0. The minimum Gasteiger partial charge on any atom is -0.299 e. The lowest BCUT2D eigenvalue weighted by Crippen LogP contribution is -2.13. The molecule has 1 heteroatoms. The van der Waals surface area contributed by atoms with E-state index in [1.165, 1.54) is 25.7 Å². The van der Waals surface area contributed by atoms with E-state index in [9.17, 15) is 4.79 Å². The topological polar surface area (TPSA) is 17.1 Å². The molecule has 0 N–H and O–H groups in total. The number of carbonyl (C=O) groups excluding carboxylic acids is 1. The van der Waals surface area contributed by atoms with Gasteiger partial charge in [0.15, 0.2) is 0 Å². The maximum absolute atomic E-state index is 11.5. The molecular weight excluding hydrogens is 160 g/mol. The Labute approximate surface area is 81.9 Å². The first-order valence-corrected chi connectivity index (χ1v) is 5.82. The molecule has 0 aromatic carbocycles. The van der Waals surface area contributed by atoms with Crippen molar-refractivity contribution in [3.63, 3.8) is 0 Å². The van der Waals surface area contributed by atoms with Gasteiger partial charge in [0.2, 0.25) is 0 Å². The SMILES string of the molecule is CCCCCC1C(=O)CCC1CC. The first-order valence-electron chi connectivity index (χ1n) is 5.82. The van der Waals surface area contributed by atoms with Crippen molar-refractivity contribution in [3.8, 4) is 0 Å². The van der Waals surface area contributed by atoms with E-state index >= 15 is 0 Å². The lowest BCUT2D eigenvalue weighted by molar-refractivity contribution is -0.121. The zero-order valence-electron chi connectivity index (χ0n) is 9.01. The number of rotatable bonds is 5. The molecule has 1 fully saturated rings. The molecule has 0 aromatic rings. The highest BCUT2D eigenvalue weighted by Crippen LogP contribution is 2.34. The molecule has 1 saturated carbocycles. The van der Waals surface area contributed by atoms with Crippen molar-refractivity contribution >= 4 is 5.78 Å². The number of unbranched alkanes of at least 4 members (excludes halogenated alkanes) is 2. The monoisotopic (exact) mass is 182 g/mol. The highest BCUT2D eigenvalue weighted by Gasteiger charge is 2.32. The molecule has 1 aliphatic rings. The molecule has 0 saturated heterocycles. The zero-order valence-corrected chi connectivity index (χ0v) is 9.01. The van der Waals surface area contributed by atoms with E-state index in [-0.39, 0.29) is 0 Å². The Morgan fingerprint density at radius 3 is 2.69 bits per heavy atom.